The van der Waals surface area contributed by atoms with Crippen LogP contribution in [0.2, 0.25) is 0 Å². The van der Waals surface area contributed by atoms with Crippen LogP contribution in [-0.4, -0.2) is 35.0 Å². The van der Waals surface area contributed by atoms with E-state index in [2.05, 4.69) is 0 Å². The fraction of sp³-hybridized carbons (Fsp3) is 0.467. The van der Waals surface area contributed by atoms with E-state index in [4.69, 9.17) is 5.11 Å². The second kappa shape index (κ2) is 7.56. The molecule has 0 saturated heterocycles. The number of rotatable bonds is 7. The lowest BCUT2D eigenvalue weighted by molar-refractivity contribution is -0.144. The Labute approximate surface area is 114 Å². The summed E-state index contributed by atoms with van der Waals surface area (Å²) < 4.78 is 0. The number of hydrogen-bond donors (Lipinski definition) is 1. The van der Waals surface area contributed by atoms with Crippen molar-refractivity contribution >= 4 is 11.9 Å². The molecule has 0 aliphatic carbocycles. The van der Waals surface area contributed by atoms with Crippen LogP contribution in [0.1, 0.15) is 30.9 Å². The molecule has 4 heteroatoms. The molecule has 0 aliphatic rings. The van der Waals surface area contributed by atoms with Gasteiger partial charge in [-0.3, -0.25) is 9.59 Å². The fourth-order valence-corrected chi connectivity index (χ4v) is 1.89. The zero-order chi connectivity index (χ0) is 14.3. The average Bonchev–Trinajstić information content (AvgIpc) is 2.37. The van der Waals surface area contributed by atoms with Gasteiger partial charge in [-0.2, -0.15) is 0 Å². The van der Waals surface area contributed by atoms with Crippen molar-refractivity contribution in [3.05, 3.63) is 35.4 Å². The van der Waals surface area contributed by atoms with Crippen LogP contribution < -0.4 is 0 Å². The maximum absolute atomic E-state index is 12.0. The van der Waals surface area contributed by atoms with Crippen LogP contribution in [0.5, 0.6) is 0 Å². The van der Waals surface area contributed by atoms with Crippen LogP contribution in [0.3, 0.4) is 0 Å². The highest BCUT2D eigenvalue weighted by Gasteiger charge is 2.15. The highest BCUT2D eigenvalue weighted by Crippen LogP contribution is 2.07. The third kappa shape index (κ3) is 5.55. The zero-order valence-electron chi connectivity index (χ0n) is 11.6. The molecule has 1 N–H and O–H groups in total. The molecule has 104 valence electrons. The summed E-state index contributed by atoms with van der Waals surface area (Å²) in [5, 5.41) is 8.78. The molecule has 0 spiro atoms. The van der Waals surface area contributed by atoms with Crippen molar-refractivity contribution in [2.75, 3.05) is 13.1 Å². The largest absolute Gasteiger partial charge is 0.480 e. The second-order valence-electron chi connectivity index (χ2n) is 4.69. The summed E-state index contributed by atoms with van der Waals surface area (Å²) in [7, 11) is 0. The molecule has 0 bridgehead atoms. The molecule has 0 aromatic heterocycles. The molecule has 0 atom stereocenters. The van der Waals surface area contributed by atoms with Gasteiger partial charge in [-0.25, -0.2) is 0 Å². The first kappa shape index (κ1) is 15.2. The Morgan fingerprint density at radius 1 is 1.21 bits per heavy atom. The van der Waals surface area contributed by atoms with Crippen LogP contribution >= 0.6 is 0 Å². The SMILES string of the molecule is CCCN(CC(=O)O)C(=O)CCc1ccc(C)cc1. The van der Waals surface area contributed by atoms with Crippen molar-refractivity contribution in [1.82, 2.24) is 4.90 Å². The van der Waals surface area contributed by atoms with E-state index >= 15 is 0 Å². The van der Waals surface area contributed by atoms with Crippen molar-refractivity contribution in [3.8, 4) is 0 Å². The lowest BCUT2D eigenvalue weighted by atomic mass is 10.1. The second-order valence-corrected chi connectivity index (χ2v) is 4.69. The summed E-state index contributed by atoms with van der Waals surface area (Å²) in [5.41, 5.74) is 2.29. The van der Waals surface area contributed by atoms with Crippen LogP contribution in [0, 0.1) is 6.92 Å². The van der Waals surface area contributed by atoms with Gasteiger partial charge >= 0.3 is 5.97 Å². The zero-order valence-corrected chi connectivity index (χ0v) is 11.6. The highest BCUT2D eigenvalue weighted by atomic mass is 16.4. The van der Waals surface area contributed by atoms with Gasteiger partial charge in [-0.1, -0.05) is 36.8 Å². The van der Waals surface area contributed by atoms with Crippen LogP contribution in [0.25, 0.3) is 0 Å². The maximum atomic E-state index is 12.0. The van der Waals surface area contributed by atoms with E-state index in [1.54, 1.807) is 0 Å². The average molecular weight is 263 g/mol. The first-order valence-corrected chi connectivity index (χ1v) is 6.58. The van der Waals surface area contributed by atoms with Crippen LogP contribution in [0.15, 0.2) is 24.3 Å². The van der Waals surface area contributed by atoms with Crippen molar-refractivity contribution in [2.24, 2.45) is 0 Å². The van der Waals surface area contributed by atoms with E-state index in [0.717, 1.165) is 12.0 Å². The van der Waals surface area contributed by atoms with E-state index in [1.165, 1.54) is 10.5 Å². The summed E-state index contributed by atoms with van der Waals surface area (Å²) in [5.74, 6) is -1.05. The number of carbonyl (C=O) groups excluding carboxylic acids is 1. The van der Waals surface area contributed by atoms with Crippen LogP contribution in [-0.2, 0) is 16.0 Å². The summed E-state index contributed by atoms with van der Waals surface area (Å²) in [6, 6.07) is 8.04. The Kier molecular flexibility index (Phi) is 6.06. The van der Waals surface area contributed by atoms with Gasteiger partial charge in [0.25, 0.3) is 0 Å². The lowest BCUT2D eigenvalue weighted by Crippen LogP contribution is -2.36. The molecule has 1 rings (SSSR count). The van der Waals surface area contributed by atoms with Crippen molar-refractivity contribution < 1.29 is 14.7 Å². The van der Waals surface area contributed by atoms with Gasteiger partial charge in [0.1, 0.15) is 6.54 Å². The lowest BCUT2D eigenvalue weighted by Gasteiger charge is -2.19. The van der Waals surface area contributed by atoms with Gasteiger partial charge < -0.3 is 10.0 Å². The topological polar surface area (TPSA) is 57.6 Å². The maximum Gasteiger partial charge on any atom is 0.323 e. The molecule has 1 aromatic rings. The fourth-order valence-electron chi connectivity index (χ4n) is 1.89. The molecule has 19 heavy (non-hydrogen) atoms. The highest BCUT2D eigenvalue weighted by molar-refractivity contribution is 5.81. The smallest absolute Gasteiger partial charge is 0.323 e. The molecule has 1 amide bonds. The molecule has 0 aliphatic heterocycles. The standard InChI is InChI=1S/C15H21NO3/c1-3-10-16(11-15(18)19)14(17)9-8-13-6-4-12(2)5-7-13/h4-7H,3,8-11H2,1-2H3,(H,18,19). The molecule has 1 aromatic carbocycles. The van der Waals surface area contributed by atoms with Crippen molar-refractivity contribution in [3.63, 3.8) is 0 Å². The molecule has 0 heterocycles. The number of carbonyl (C=O) groups is 2. The number of carboxylic acids is 1. The Bertz CT molecular complexity index is 426. The summed E-state index contributed by atoms with van der Waals surface area (Å²) >= 11 is 0. The van der Waals surface area contributed by atoms with Crippen molar-refractivity contribution in [2.45, 2.75) is 33.1 Å². The number of nitrogens with zero attached hydrogens (tertiary/aromatic N) is 1. The number of amides is 1. The number of hydrogen-bond acceptors (Lipinski definition) is 2. The summed E-state index contributed by atoms with van der Waals surface area (Å²) in [4.78, 5) is 24.1. The Balaban J connectivity index is 2.51. The quantitative estimate of drug-likeness (QED) is 0.821. The summed E-state index contributed by atoms with van der Waals surface area (Å²) in [6.07, 6.45) is 1.78. The molecule has 0 unspecified atom stereocenters. The van der Waals surface area contributed by atoms with E-state index in [1.807, 2.05) is 38.1 Å². The molecule has 4 nitrogen and oxygen atoms in total. The van der Waals surface area contributed by atoms with Crippen LogP contribution in [0.4, 0.5) is 0 Å². The van der Waals surface area contributed by atoms with Gasteiger partial charge in [-0.05, 0) is 25.3 Å². The molecular weight excluding hydrogens is 242 g/mol. The first-order chi connectivity index (χ1) is 9.02. The van der Waals surface area contributed by atoms with Gasteiger partial charge in [-0.15, -0.1) is 0 Å². The monoisotopic (exact) mass is 263 g/mol. The minimum absolute atomic E-state index is 0.0928. The predicted molar refractivity (Wildman–Crippen MR) is 74.0 cm³/mol. The van der Waals surface area contributed by atoms with E-state index in [9.17, 15) is 9.59 Å². The molecule has 0 radical (unpaired) electrons. The summed E-state index contributed by atoms with van der Waals surface area (Å²) in [6.45, 7) is 4.24. The minimum atomic E-state index is -0.961. The molecule has 0 fully saturated rings. The van der Waals surface area contributed by atoms with Gasteiger partial charge in [0, 0.05) is 13.0 Å². The number of benzene rings is 1. The number of carboxylic acid groups (broad SMARTS) is 1. The van der Waals surface area contributed by atoms with E-state index < -0.39 is 5.97 Å². The van der Waals surface area contributed by atoms with Gasteiger partial charge in [0.2, 0.25) is 5.91 Å². The Morgan fingerprint density at radius 2 is 1.84 bits per heavy atom. The van der Waals surface area contributed by atoms with Gasteiger partial charge in [0.05, 0.1) is 0 Å². The Hall–Kier alpha value is -1.84. The Morgan fingerprint density at radius 3 is 2.37 bits per heavy atom. The predicted octanol–water partition coefficient (Wildman–Crippen LogP) is 2.25. The number of aryl methyl sites for hydroxylation is 2. The molecule has 0 saturated carbocycles. The minimum Gasteiger partial charge on any atom is -0.480 e. The van der Waals surface area contributed by atoms with E-state index in [0.29, 0.717) is 19.4 Å². The normalized spacial score (nSPS) is 10.2. The number of aliphatic carboxylic acids is 1. The van der Waals surface area contributed by atoms with E-state index in [-0.39, 0.29) is 12.5 Å². The van der Waals surface area contributed by atoms with Crippen molar-refractivity contribution in [1.29, 1.82) is 0 Å². The third-order valence-corrected chi connectivity index (χ3v) is 2.92. The molecular formula is C15H21NO3. The first-order valence-electron chi connectivity index (χ1n) is 6.58. The third-order valence-electron chi connectivity index (χ3n) is 2.92. The van der Waals surface area contributed by atoms with Gasteiger partial charge in [0.15, 0.2) is 0 Å².